The Kier molecular flexibility index (Phi) is 4.39. The molecule has 1 aliphatic heterocycles. The molecule has 0 radical (unpaired) electrons. The molecule has 3 nitrogen and oxygen atoms in total. The third kappa shape index (κ3) is 3.94. The molecular weight excluding hydrogens is 262 g/mol. The van der Waals surface area contributed by atoms with Gasteiger partial charge in [0.15, 0.2) is 0 Å². The number of likely N-dealkylation sites (tertiary alicyclic amines) is 1. The van der Waals surface area contributed by atoms with Gasteiger partial charge >= 0.3 is 5.97 Å². The molecular formula is C18H23NO2. The molecule has 0 spiro atoms. The smallest absolute Gasteiger partial charge is 0.337 e. The molecule has 0 unspecified atom stereocenters. The first-order valence-corrected chi connectivity index (χ1v) is 7.85. The number of hydrogen-bond donors (Lipinski definition) is 0. The first kappa shape index (κ1) is 14.3. The average Bonchev–Trinajstić information content (AvgIpc) is 3.33. The molecule has 0 aromatic heterocycles. The third-order valence-electron chi connectivity index (χ3n) is 4.41. The second-order valence-electron chi connectivity index (χ2n) is 6.16. The summed E-state index contributed by atoms with van der Waals surface area (Å²) in [6.45, 7) is 3.70. The van der Waals surface area contributed by atoms with Gasteiger partial charge in [-0.3, -0.25) is 0 Å². The van der Waals surface area contributed by atoms with E-state index in [0.717, 1.165) is 5.92 Å². The van der Waals surface area contributed by atoms with Crippen molar-refractivity contribution in [1.82, 2.24) is 4.90 Å². The van der Waals surface area contributed by atoms with Crippen LogP contribution in [0.2, 0.25) is 0 Å². The number of hydrogen-bond acceptors (Lipinski definition) is 3. The van der Waals surface area contributed by atoms with Gasteiger partial charge in [-0.25, -0.2) is 4.79 Å². The normalized spacial score (nSPS) is 19.4. The van der Waals surface area contributed by atoms with Gasteiger partial charge < -0.3 is 9.64 Å². The summed E-state index contributed by atoms with van der Waals surface area (Å²) in [5, 5.41) is 0. The third-order valence-corrected chi connectivity index (χ3v) is 4.41. The Balaban J connectivity index is 1.56. The van der Waals surface area contributed by atoms with Gasteiger partial charge in [0.25, 0.3) is 0 Å². The Labute approximate surface area is 126 Å². The number of methoxy groups -OCH3 is 1. The van der Waals surface area contributed by atoms with Gasteiger partial charge in [0.05, 0.1) is 12.7 Å². The molecule has 3 heteroatoms. The van der Waals surface area contributed by atoms with Crippen molar-refractivity contribution in [2.24, 2.45) is 5.92 Å². The van der Waals surface area contributed by atoms with Gasteiger partial charge in [-0.05, 0) is 49.3 Å². The van der Waals surface area contributed by atoms with Gasteiger partial charge in [-0.2, -0.15) is 0 Å². The highest BCUT2D eigenvalue weighted by molar-refractivity contribution is 5.89. The molecule has 1 heterocycles. The number of benzene rings is 1. The fourth-order valence-corrected chi connectivity index (χ4v) is 2.90. The first-order valence-electron chi connectivity index (χ1n) is 7.85. The lowest BCUT2D eigenvalue weighted by Gasteiger charge is -2.28. The van der Waals surface area contributed by atoms with Gasteiger partial charge in [0.2, 0.25) is 0 Å². The van der Waals surface area contributed by atoms with Crippen molar-refractivity contribution in [2.75, 3.05) is 26.7 Å². The molecule has 1 aliphatic carbocycles. The Morgan fingerprint density at radius 2 is 1.90 bits per heavy atom. The van der Waals surface area contributed by atoms with E-state index in [1.807, 2.05) is 24.3 Å². The van der Waals surface area contributed by atoms with Crippen LogP contribution in [-0.4, -0.2) is 37.6 Å². The molecule has 0 bridgehead atoms. The minimum absolute atomic E-state index is 0.275. The standard InChI is InChI=1S/C18H23NO2/c1-21-18(20)17-6-4-14(5-7-17)12-15-8-10-19(11-9-15)13-16-2-3-16/h4-7,12,16H,2-3,8-11,13H2,1H3. The molecule has 3 rings (SSSR count). The van der Waals surface area contributed by atoms with E-state index < -0.39 is 0 Å². The minimum atomic E-state index is -0.275. The van der Waals surface area contributed by atoms with Crippen molar-refractivity contribution < 1.29 is 9.53 Å². The Morgan fingerprint density at radius 3 is 2.48 bits per heavy atom. The van der Waals surface area contributed by atoms with E-state index in [2.05, 4.69) is 11.0 Å². The lowest BCUT2D eigenvalue weighted by atomic mass is 10.00. The summed E-state index contributed by atoms with van der Waals surface area (Å²) in [7, 11) is 1.41. The predicted octanol–water partition coefficient (Wildman–Crippen LogP) is 3.36. The van der Waals surface area contributed by atoms with Crippen molar-refractivity contribution in [2.45, 2.75) is 25.7 Å². The van der Waals surface area contributed by atoms with Crippen LogP contribution in [0.5, 0.6) is 0 Å². The maximum absolute atomic E-state index is 11.4. The quantitative estimate of drug-likeness (QED) is 0.794. The zero-order valence-corrected chi connectivity index (χ0v) is 12.7. The molecule has 2 fully saturated rings. The average molecular weight is 285 g/mol. The number of ether oxygens (including phenoxy) is 1. The van der Waals surface area contributed by atoms with Crippen LogP contribution in [0.3, 0.4) is 0 Å². The maximum Gasteiger partial charge on any atom is 0.337 e. The molecule has 0 amide bonds. The molecule has 1 aromatic carbocycles. The molecule has 1 saturated carbocycles. The zero-order chi connectivity index (χ0) is 14.7. The molecule has 1 aromatic rings. The van der Waals surface area contributed by atoms with Crippen molar-refractivity contribution >= 4 is 12.0 Å². The summed E-state index contributed by atoms with van der Waals surface area (Å²) in [6.07, 6.45) is 7.49. The van der Waals surface area contributed by atoms with Crippen LogP contribution >= 0.6 is 0 Å². The lowest BCUT2D eigenvalue weighted by molar-refractivity contribution is 0.0601. The van der Waals surface area contributed by atoms with Crippen LogP contribution in [0.4, 0.5) is 0 Å². The van der Waals surface area contributed by atoms with Crippen LogP contribution in [0, 0.1) is 5.92 Å². The van der Waals surface area contributed by atoms with E-state index in [4.69, 9.17) is 4.74 Å². The van der Waals surface area contributed by atoms with Gasteiger partial charge in [0.1, 0.15) is 0 Å². The highest BCUT2D eigenvalue weighted by Gasteiger charge is 2.25. The van der Waals surface area contributed by atoms with Gasteiger partial charge in [0, 0.05) is 19.6 Å². The van der Waals surface area contributed by atoms with Crippen molar-refractivity contribution in [1.29, 1.82) is 0 Å². The van der Waals surface area contributed by atoms with Crippen LogP contribution in [0.15, 0.2) is 29.8 Å². The second kappa shape index (κ2) is 6.44. The number of carbonyl (C=O) groups is 1. The molecule has 21 heavy (non-hydrogen) atoms. The second-order valence-corrected chi connectivity index (χ2v) is 6.16. The van der Waals surface area contributed by atoms with E-state index in [1.165, 1.54) is 63.6 Å². The van der Waals surface area contributed by atoms with E-state index >= 15 is 0 Å². The largest absolute Gasteiger partial charge is 0.465 e. The highest BCUT2D eigenvalue weighted by Crippen LogP contribution is 2.31. The fraction of sp³-hybridized carbons (Fsp3) is 0.500. The molecule has 2 aliphatic rings. The number of nitrogens with zero attached hydrogens (tertiary/aromatic N) is 1. The van der Waals surface area contributed by atoms with Gasteiger partial charge in [-0.15, -0.1) is 0 Å². The molecule has 0 N–H and O–H groups in total. The van der Waals surface area contributed by atoms with Crippen LogP contribution in [-0.2, 0) is 4.74 Å². The van der Waals surface area contributed by atoms with E-state index in [1.54, 1.807) is 0 Å². The topological polar surface area (TPSA) is 29.5 Å². The van der Waals surface area contributed by atoms with Crippen molar-refractivity contribution in [3.05, 3.63) is 41.0 Å². The summed E-state index contributed by atoms with van der Waals surface area (Å²) in [5.74, 6) is 0.712. The SMILES string of the molecule is COC(=O)c1ccc(C=C2CCN(CC3CC3)CC2)cc1. The van der Waals surface area contributed by atoms with Gasteiger partial charge in [-0.1, -0.05) is 23.8 Å². The number of carbonyl (C=O) groups excluding carboxylic acids is 1. The van der Waals surface area contributed by atoms with E-state index in [9.17, 15) is 4.79 Å². The monoisotopic (exact) mass is 285 g/mol. The van der Waals surface area contributed by atoms with Crippen molar-refractivity contribution in [3.63, 3.8) is 0 Å². The Hall–Kier alpha value is -1.61. The summed E-state index contributed by atoms with van der Waals surface area (Å²) >= 11 is 0. The minimum Gasteiger partial charge on any atom is -0.465 e. The van der Waals surface area contributed by atoms with Crippen LogP contribution in [0.1, 0.15) is 41.6 Å². The summed E-state index contributed by atoms with van der Waals surface area (Å²) < 4.78 is 4.71. The molecule has 1 saturated heterocycles. The maximum atomic E-state index is 11.4. The number of rotatable bonds is 4. The summed E-state index contributed by atoms with van der Waals surface area (Å²) in [5.41, 5.74) is 3.31. The predicted molar refractivity (Wildman–Crippen MR) is 84.2 cm³/mol. The Morgan fingerprint density at radius 1 is 1.24 bits per heavy atom. The Bertz CT molecular complexity index is 519. The number of piperidine rings is 1. The first-order chi connectivity index (χ1) is 10.2. The fourth-order valence-electron chi connectivity index (χ4n) is 2.90. The van der Waals surface area contributed by atoms with Crippen LogP contribution < -0.4 is 0 Å². The highest BCUT2D eigenvalue weighted by atomic mass is 16.5. The number of esters is 1. The zero-order valence-electron chi connectivity index (χ0n) is 12.7. The van der Waals surface area contributed by atoms with E-state index in [-0.39, 0.29) is 5.97 Å². The summed E-state index contributed by atoms with van der Waals surface area (Å²) in [6, 6.07) is 7.66. The summed E-state index contributed by atoms with van der Waals surface area (Å²) in [4.78, 5) is 14.0. The molecule has 112 valence electrons. The van der Waals surface area contributed by atoms with Crippen LogP contribution in [0.25, 0.3) is 6.08 Å². The lowest BCUT2D eigenvalue weighted by Crippen LogP contribution is -2.32. The van der Waals surface area contributed by atoms with E-state index in [0.29, 0.717) is 5.56 Å². The van der Waals surface area contributed by atoms with Crippen molar-refractivity contribution in [3.8, 4) is 0 Å². The molecule has 0 atom stereocenters.